The van der Waals surface area contributed by atoms with Crippen LogP contribution in [0.2, 0.25) is 5.02 Å². The highest BCUT2D eigenvalue weighted by molar-refractivity contribution is 6.31. The Balaban J connectivity index is 1.56. The molecule has 0 aliphatic rings. The summed E-state index contributed by atoms with van der Waals surface area (Å²) in [5, 5.41) is 12.0. The van der Waals surface area contributed by atoms with E-state index in [1.807, 2.05) is 0 Å². The Morgan fingerprint density at radius 1 is 0.943 bits per heavy atom. The van der Waals surface area contributed by atoms with E-state index in [-0.39, 0.29) is 24.5 Å². The predicted octanol–water partition coefficient (Wildman–Crippen LogP) is 6.61. The topological polar surface area (TPSA) is 84.9 Å². The van der Waals surface area contributed by atoms with E-state index in [0.717, 1.165) is 12.0 Å². The Kier molecular flexibility index (Phi) is 9.56. The molecule has 35 heavy (non-hydrogen) atoms. The van der Waals surface area contributed by atoms with E-state index in [9.17, 15) is 9.59 Å². The molecule has 7 heteroatoms. The standard InChI is InChI=1S/C28H30ClNO5/c1-19(2)16-20-5-7-21(8-6-20)18-35-24-12-10-23(11-13-24)30-28(33)25-17-22(29)9-14-26(25)34-15-3-4-27(31)32/h5-14,17,19H,3-4,15-16,18H2,1-2H3,(H,30,33)(H,31,32). The molecule has 0 atom stereocenters. The smallest absolute Gasteiger partial charge is 0.303 e. The highest BCUT2D eigenvalue weighted by Crippen LogP contribution is 2.25. The van der Waals surface area contributed by atoms with E-state index in [1.54, 1.807) is 36.4 Å². The zero-order valence-corrected chi connectivity index (χ0v) is 20.7. The second kappa shape index (κ2) is 12.8. The van der Waals surface area contributed by atoms with E-state index in [4.69, 9.17) is 26.2 Å². The molecular formula is C28H30ClNO5. The van der Waals surface area contributed by atoms with Crippen molar-refractivity contribution in [3.63, 3.8) is 0 Å². The number of carboxylic acids is 1. The minimum atomic E-state index is -0.894. The molecule has 0 aliphatic carbocycles. The number of ether oxygens (including phenoxy) is 2. The van der Waals surface area contributed by atoms with Crippen molar-refractivity contribution in [2.24, 2.45) is 5.92 Å². The van der Waals surface area contributed by atoms with E-state index in [1.165, 1.54) is 11.6 Å². The van der Waals surface area contributed by atoms with Crippen LogP contribution in [0.3, 0.4) is 0 Å². The van der Waals surface area contributed by atoms with Gasteiger partial charge in [-0.25, -0.2) is 0 Å². The van der Waals surface area contributed by atoms with Crippen LogP contribution >= 0.6 is 11.6 Å². The highest BCUT2D eigenvalue weighted by Gasteiger charge is 2.14. The minimum Gasteiger partial charge on any atom is -0.493 e. The molecule has 0 aliphatic heterocycles. The van der Waals surface area contributed by atoms with Gasteiger partial charge in [-0.1, -0.05) is 49.7 Å². The van der Waals surface area contributed by atoms with Gasteiger partial charge in [0.1, 0.15) is 18.1 Å². The maximum atomic E-state index is 12.8. The van der Waals surface area contributed by atoms with Crippen LogP contribution in [0.4, 0.5) is 5.69 Å². The van der Waals surface area contributed by atoms with E-state index < -0.39 is 5.97 Å². The van der Waals surface area contributed by atoms with Crippen molar-refractivity contribution >= 4 is 29.2 Å². The molecule has 3 aromatic rings. The van der Waals surface area contributed by atoms with Gasteiger partial charge in [0.15, 0.2) is 0 Å². The van der Waals surface area contributed by atoms with Crippen molar-refractivity contribution in [3.05, 3.63) is 88.4 Å². The quantitative estimate of drug-likeness (QED) is 0.276. The average molecular weight is 496 g/mol. The van der Waals surface area contributed by atoms with Crippen molar-refractivity contribution in [1.82, 2.24) is 0 Å². The first-order valence-corrected chi connectivity index (χ1v) is 11.9. The molecular weight excluding hydrogens is 466 g/mol. The van der Waals surface area contributed by atoms with Gasteiger partial charge in [0.2, 0.25) is 0 Å². The summed E-state index contributed by atoms with van der Waals surface area (Å²) in [6, 6.07) is 20.3. The lowest BCUT2D eigenvalue weighted by molar-refractivity contribution is -0.137. The molecule has 0 unspecified atom stereocenters. The highest BCUT2D eigenvalue weighted by atomic mass is 35.5. The molecule has 0 fully saturated rings. The molecule has 0 spiro atoms. The number of nitrogens with one attached hydrogen (secondary N) is 1. The van der Waals surface area contributed by atoms with E-state index in [0.29, 0.717) is 41.2 Å². The fourth-order valence-corrected chi connectivity index (χ4v) is 3.63. The molecule has 3 rings (SSSR count). The SMILES string of the molecule is CC(C)Cc1ccc(COc2ccc(NC(=O)c3cc(Cl)ccc3OCCCC(=O)O)cc2)cc1. The van der Waals surface area contributed by atoms with Crippen LogP contribution in [0.15, 0.2) is 66.7 Å². The molecule has 6 nitrogen and oxygen atoms in total. The molecule has 0 saturated carbocycles. The molecule has 0 aromatic heterocycles. The Hall–Kier alpha value is -3.51. The van der Waals surface area contributed by atoms with Crippen LogP contribution in [0.25, 0.3) is 0 Å². The average Bonchev–Trinajstić information content (AvgIpc) is 2.82. The summed E-state index contributed by atoms with van der Waals surface area (Å²) in [7, 11) is 0. The Morgan fingerprint density at radius 3 is 2.29 bits per heavy atom. The fourth-order valence-electron chi connectivity index (χ4n) is 3.45. The zero-order valence-electron chi connectivity index (χ0n) is 19.9. The van der Waals surface area contributed by atoms with E-state index in [2.05, 4.69) is 43.4 Å². The third-order valence-corrected chi connectivity index (χ3v) is 5.40. The number of halogens is 1. The van der Waals surface area contributed by atoms with Gasteiger partial charge in [0.05, 0.1) is 12.2 Å². The van der Waals surface area contributed by atoms with Crippen molar-refractivity contribution < 1.29 is 24.2 Å². The molecule has 0 radical (unpaired) electrons. The van der Waals surface area contributed by atoms with Gasteiger partial charge in [-0.15, -0.1) is 0 Å². The number of carbonyl (C=O) groups is 2. The number of anilines is 1. The van der Waals surface area contributed by atoms with Crippen LogP contribution in [0.1, 0.15) is 48.2 Å². The lowest BCUT2D eigenvalue weighted by Gasteiger charge is -2.13. The number of hydrogen-bond acceptors (Lipinski definition) is 4. The van der Waals surface area contributed by atoms with Gasteiger partial charge in [-0.3, -0.25) is 9.59 Å². The van der Waals surface area contributed by atoms with Gasteiger partial charge >= 0.3 is 5.97 Å². The summed E-state index contributed by atoms with van der Waals surface area (Å²) in [6.45, 7) is 5.05. The lowest BCUT2D eigenvalue weighted by atomic mass is 10.0. The van der Waals surface area contributed by atoms with Crippen LogP contribution in [-0.2, 0) is 17.8 Å². The number of aliphatic carboxylic acids is 1. The normalized spacial score (nSPS) is 10.7. The number of amides is 1. The van der Waals surface area contributed by atoms with Crippen molar-refractivity contribution in [2.45, 2.75) is 39.7 Å². The molecule has 1 amide bonds. The monoisotopic (exact) mass is 495 g/mol. The number of carbonyl (C=O) groups excluding carboxylic acids is 1. The Morgan fingerprint density at radius 2 is 1.63 bits per heavy atom. The number of carboxylic acid groups (broad SMARTS) is 1. The second-order valence-electron chi connectivity index (χ2n) is 8.67. The first-order chi connectivity index (χ1) is 16.8. The molecule has 2 N–H and O–H groups in total. The Bertz CT molecular complexity index is 1130. The number of benzene rings is 3. The Labute approximate surface area is 210 Å². The van der Waals surface area contributed by atoms with Gasteiger partial charge in [0, 0.05) is 17.1 Å². The third-order valence-electron chi connectivity index (χ3n) is 5.16. The summed E-state index contributed by atoms with van der Waals surface area (Å²) in [6.07, 6.45) is 1.39. The summed E-state index contributed by atoms with van der Waals surface area (Å²) < 4.78 is 11.5. The van der Waals surface area contributed by atoms with Crippen LogP contribution < -0.4 is 14.8 Å². The molecule has 0 bridgehead atoms. The summed E-state index contributed by atoms with van der Waals surface area (Å²) >= 11 is 6.07. The molecule has 0 saturated heterocycles. The number of rotatable bonds is 12. The zero-order chi connectivity index (χ0) is 25.2. The minimum absolute atomic E-state index is 0.00696. The summed E-state index contributed by atoms with van der Waals surface area (Å²) in [5.74, 6) is 0.388. The predicted molar refractivity (Wildman–Crippen MR) is 138 cm³/mol. The van der Waals surface area contributed by atoms with E-state index >= 15 is 0 Å². The maximum Gasteiger partial charge on any atom is 0.303 e. The van der Waals surface area contributed by atoms with Gasteiger partial charge in [-0.05, 0) is 72.4 Å². The summed E-state index contributed by atoms with van der Waals surface area (Å²) in [5.41, 5.74) is 3.27. The molecule has 0 heterocycles. The third kappa shape index (κ3) is 8.65. The fraction of sp³-hybridized carbons (Fsp3) is 0.286. The molecule has 3 aromatic carbocycles. The van der Waals surface area contributed by atoms with Crippen molar-refractivity contribution in [1.29, 1.82) is 0 Å². The van der Waals surface area contributed by atoms with Crippen LogP contribution in [-0.4, -0.2) is 23.6 Å². The van der Waals surface area contributed by atoms with Gasteiger partial charge in [0.25, 0.3) is 5.91 Å². The maximum absolute atomic E-state index is 12.8. The van der Waals surface area contributed by atoms with Crippen LogP contribution in [0.5, 0.6) is 11.5 Å². The summed E-state index contributed by atoms with van der Waals surface area (Å²) in [4.78, 5) is 23.5. The first-order valence-electron chi connectivity index (χ1n) is 11.6. The first kappa shape index (κ1) is 26.1. The number of hydrogen-bond donors (Lipinski definition) is 2. The lowest BCUT2D eigenvalue weighted by Crippen LogP contribution is -2.14. The second-order valence-corrected chi connectivity index (χ2v) is 9.10. The van der Waals surface area contributed by atoms with Crippen LogP contribution in [0, 0.1) is 5.92 Å². The van der Waals surface area contributed by atoms with Crippen molar-refractivity contribution in [2.75, 3.05) is 11.9 Å². The largest absolute Gasteiger partial charge is 0.493 e. The van der Waals surface area contributed by atoms with Crippen molar-refractivity contribution in [3.8, 4) is 11.5 Å². The van der Waals surface area contributed by atoms with Gasteiger partial charge < -0.3 is 19.9 Å². The molecule has 184 valence electrons. The van der Waals surface area contributed by atoms with Gasteiger partial charge in [-0.2, -0.15) is 0 Å².